The van der Waals surface area contributed by atoms with Crippen LogP contribution in [0.3, 0.4) is 0 Å². The first-order valence-electron chi connectivity index (χ1n) is 6.65. The Labute approximate surface area is 136 Å². The Hall–Kier alpha value is -1.89. The number of aromatic amines is 1. The molecule has 0 aliphatic heterocycles. The van der Waals surface area contributed by atoms with Gasteiger partial charge >= 0.3 is 0 Å². The molecule has 0 saturated heterocycles. The summed E-state index contributed by atoms with van der Waals surface area (Å²) in [4.78, 5) is 7.91. The molecule has 106 valence electrons. The summed E-state index contributed by atoms with van der Waals surface area (Å²) in [5, 5.41) is 7.85. The van der Waals surface area contributed by atoms with E-state index in [0.717, 1.165) is 28.0 Å². The molecule has 2 aromatic carbocycles. The highest BCUT2D eigenvalue weighted by atomic mass is 127. The van der Waals surface area contributed by atoms with Crippen LogP contribution in [0.2, 0.25) is 0 Å². The first-order chi connectivity index (χ1) is 10.2. The molecule has 0 aliphatic rings. The molecule has 21 heavy (non-hydrogen) atoms. The van der Waals surface area contributed by atoms with Gasteiger partial charge in [-0.2, -0.15) is 0 Å². The number of halogens is 1. The third-order valence-corrected chi connectivity index (χ3v) is 3.80. The second kappa shape index (κ2) is 5.85. The number of hydrogen-bond acceptors (Lipinski definition) is 3. The summed E-state index contributed by atoms with van der Waals surface area (Å²) in [7, 11) is 0. The Balaban J connectivity index is 2.02. The number of ether oxygens (including phenoxy) is 1. The molecule has 4 nitrogen and oxygen atoms in total. The van der Waals surface area contributed by atoms with Gasteiger partial charge in [-0.05, 0) is 59.8 Å². The molecule has 0 unspecified atom stereocenters. The Morgan fingerprint density at radius 1 is 1.29 bits per heavy atom. The van der Waals surface area contributed by atoms with E-state index in [1.54, 1.807) is 0 Å². The summed E-state index contributed by atoms with van der Waals surface area (Å²) in [5.74, 6) is 1.02. The molecule has 1 aromatic heterocycles. The average Bonchev–Trinajstić information content (AvgIpc) is 2.90. The zero-order valence-electron chi connectivity index (χ0n) is 11.5. The van der Waals surface area contributed by atoms with Gasteiger partial charge in [0.1, 0.15) is 5.82 Å². The first kappa shape index (κ1) is 14.1. The van der Waals surface area contributed by atoms with Gasteiger partial charge in [0.05, 0.1) is 17.6 Å². The van der Waals surface area contributed by atoms with Gasteiger partial charge in [-0.15, -0.1) is 0 Å². The molecule has 0 atom stereocenters. The van der Waals surface area contributed by atoms with Crippen LogP contribution >= 0.6 is 22.6 Å². The largest absolute Gasteiger partial charge is 0.478 e. The summed E-state index contributed by atoms with van der Waals surface area (Å²) in [5.41, 5.74) is 3.60. The first-order valence-corrected chi connectivity index (χ1v) is 7.72. The lowest BCUT2D eigenvalue weighted by molar-refractivity contribution is 0.325. The number of fused-ring (bicyclic) bond motifs is 1. The molecule has 0 saturated carbocycles. The van der Waals surface area contributed by atoms with Gasteiger partial charge in [0.2, 0.25) is 5.90 Å². The van der Waals surface area contributed by atoms with Crippen LogP contribution in [0.4, 0.5) is 0 Å². The smallest absolute Gasteiger partial charge is 0.213 e. The fraction of sp³-hybridized carbons (Fsp3) is 0.125. The SMILES string of the molecule is CCOC(=N)c1ccc2nc(-c3cccc(I)c3)[nH]c2c1. The van der Waals surface area contributed by atoms with Crippen molar-refractivity contribution in [3.63, 3.8) is 0 Å². The lowest BCUT2D eigenvalue weighted by atomic mass is 10.2. The fourth-order valence-electron chi connectivity index (χ4n) is 2.15. The van der Waals surface area contributed by atoms with Crippen molar-refractivity contribution in [3.05, 3.63) is 51.6 Å². The number of H-pyrrole nitrogens is 1. The van der Waals surface area contributed by atoms with Crippen LogP contribution in [0.25, 0.3) is 22.4 Å². The van der Waals surface area contributed by atoms with Crippen LogP contribution in [0.5, 0.6) is 0 Å². The molecule has 5 heteroatoms. The summed E-state index contributed by atoms with van der Waals surface area (Å²) < 4.78 is 6.40. The van der Waals surface area contributed by atoms with E-state index in [9.17, 15) is 0 Å². The number of benzene rings is 2. The molecule has 0 aliphatic carbocycles. The molecule has 0 fully saturated rings. The number of rotatable bonds is 3. The van der Waals surface area contributed by atoms with Crippen molar-refractivity contribution in [1.29, 1.82) is 5.41 Å². The van der Waals surface area contributed by atoms with Gasteiger partial charge in [-0.25, -0.2) is 4.98 Å². The second-order valence-electron chi connectivity index (χ2n) is 4.59. The van der Waals surface area contributed by atoms with Crippen LogP contribution in [-0.2, 0) is 4.74 Å². The number of nitrogens with zero attached hydrogens (tertiary/aromatic N) is 1. The predicted molar refractivity (Wildman–Crippen MR) is 92.7 cm³/mol. The summed E-state index contributed by atoms with van der Waals surface area (Å²) in [6.07, 6.45) is 0. The fourth-order valence-corrected chi connectivity index (χ4v) is 2.69. The molecule has 0 radical (unpaired) electrons. The second-order valence-corrected chi connectivity index (χ2v) is 5.84. The van der Waals surface area contributed by atoms with Gasteiger partial charge in [-0.1, -0.05) is 12.1 Å². The molecule has 2 N–H and O–H groups in total. The van der Waals surface area contributed by atoms with E-state index in [4.69, 9.17) is 10.1 Å². The number of hydrogen-bond donors (Lipinski definition) is 2. The van der Waals surface area contributed by atoms with Crippen LogP contribution in [0.1, 0.15) is 12.5 Å². The number of nitrogens with one attached hydrogen (secondary N) is 2. The van der Waals surface area contributed by atoms with Crippen molar-refractivity contribution in [1.82, 2.24) is 9.97 Å². The molecule has 0 bridgehead atoms. The average molecular weight is 391 g/mol. The minimum Gasteiger partial charge on any atom is -0.478 e. The van der Waals surface area contributed by atoms with Crippen molar-refractivity contribution >= 4 is 39.5 Å². The van der Waals surface area contributed by atoms with E-state index < -0.39 is 0 Å². The van der Waals surface area contributed by atoms with Crippen molar-refractivity contribution in [2.45, 2.75) is 6.92 Å². The molecule has 3 rings (SSSR count). The third-order valence-electron chi connectivity index (χ3n) is 3.13. The van der Waals surface area contributed by atoms with Gasteiger partial charge in [0.25, 0.3) is 0 Å². The van der Waals surface area contributed by atoms with E-state index in [2.05, 4.69) is 38.6 Å². The van der Waals surface area contributed by atoms with Crippen LogP contribution < -0.4 is 0 Å². The van der Waals surface area contributed by atoms with E-state index in [1.807, 2.05) is 43.3 Å². The van der Waals surface area contributed by atoms with Crippen molar-refractivity contribution in [3.8, 4) is 11.4 Å². The molecular formula is C16H14IN3O. The normalized spacial score (nSPS) is 10.8. The zero-order chi connectivity index (χ0) is 14.8. The maximum absolute atomic E-state index is 7.85. The van der Waals surface area contributed by atoms with Crippen molar-refractivity contribution in [2.75, 3.05) is 6.61 Å². The summed E-state index contributed by atoms with van der Waals surface area (Å²) in [6.45, 7) is 2.37. The van der Waals surface area contributed by atoms with Gasteiger partial charge in [-0.3, -0.25) is 5.41 Å². The highest BCUT2D eigenvalue weighted by Crippen LogP contribution is 2.22. The maximum Gasteiger partial charge on any atom is 0.213 e. The predicted octanol–water partition coefficient (Wildman–Crippen LogP) is 4.20. The Bertz CT molecular complexity index is 810. The minimum absolute atomic E-state index is 0.185. The monoisotopic (exact) mass is 391 g/mol. The lowest BCUT2D eigenvalue weighted by Gasteiger charge is -2.03. The topological polar surface area (TPSA) is 61.8 Å². The van der Waals surface area contributed by atoms with Crippen molar-refractivity contribution in [2.24, 2.45) is 0 Å². The molecule has 0 amide bonds. The van der Waals surface area contributed by atoms with E-state index in [-0.39, 0.29) is 5.90 Å². The summed E-state index contributed by atoms with van der Waals surface area (Å²) in [6, 6.07) is 13.8. The van der Waals surface area contributed by atoms with E-state index >= 15 is 0 Å². The van der Waals surface area contributed by atoms with Gasteiger partial charge in [0.15, 0.2) is 0 Å². The Kier molecular flexibility index (Phi) is 3.92. The van der Waals surface area contributed by atoms with Crippen LogP contribution in [-0.4, -0.2) is 22.5 Å². The lowest BCUT2D eigenvalue weighted by Crippen LogP contribution is -2.04. The number of aromatic nitrogens is 2. The van der Waals surface area contributed by atoms with Gasteiger partial charge in [0, 0.05) is 14.7 Å². The standard InChI is InChI=1S/C16H14IN3O/c1-2-21-15(18)10-6-7-13-14(9-10)20-16(19-13)11-4-3-5-12(17)8-11/h3-9,18H,2H2,1H3,(H,19,20). The highest BCUT2D eigenvalue weighted by Gasteiger charge is 2.08. The maximum atomic E-state index is 7.85. The number of imidazole rings is 1. The Morgan fingerprint density at radius 2 is 2.14 bits per heavy atom. The highest BCUT2D eigenvalue weighted by molar-refractivity contribution is 14.1. The Morgan fingerprint density at radius 3 is 2.90 bits per heavy atom. The minimum atomic E-state index is 0.185. The van der Waals surface area contributed by atoms with Gasteiger partial charge < -0.3 is 9.72 Å². The summed E-state index contributed by atoms with van der Waals surface area (Å²) >= 11 is 2.29. The molecule has 0 spiro atoms. The quantitative estimate of drug-likeness (QED) is 0.400. The molecule has 1 heterocycles. The third kappa shape index (κ3) is 2.92. The van der Waals surface area contributed by atoms with Crippen LogP contribution in [0.15, 0.2) is 42.5 Å². The van der Waals surface area contributed by atoms with E-state index in [0.29, 0.717) is 6.61 Å². The van der Waals surface area contributed by atoms with Crippen LogP contribution in [0, 0.1) is 8.98 Å². The van der Waals surface area contributed by atoms with E-state index in [1.165, 1.54) is 3.57 Å². The zero-order valence-corrected chi connectivity index (χ0v) is 13.6. The molecule has 3 aromatic rings. The molecular weight excluding hydrogens is 377 g/mol. The van der Waals surface area contributed by atoms with Crippen molar-refractivity contribution < 1.29 is 4.74 Å².